The molecule has 34 heavy (non-hydrogen) atoms. The first-order valence-corrected chi connectivity index (χ1v) is 11.7. The summed E-state index contributed by atoms with van der Waals surface area (Å²) in [4.78, 5) is 39.9. The van der Waals surface area contributed by atoms with E-state index in [9.17, 15) is 9.59 Å². The van der Waals surface area contributed by atoms with Crippen LogP contribution < -0.4 is 15.1 Å². The minimum atomic E-state index is -0.204. The smallest absolute Gasteiger partial charge is 0.317 e. The Balaban J connectivity index is 1.19. The van der Waals surface area contributed by atoms with E-state index in [0.717, 1.165) is 17.1 Å². The highest BCUT2D eigenvalue weighted by Gasteiger charge is 2.33. The maximum atomic E-state index is 12.9. The van der Waals surface area contributed by atoms with Gasteiger partial charge in [-0.15, -0.1) is 5.10 Å². The van der Waals surface area contributed by atoms with Crippen molar-refractivity contribution in [2.24, 2.45) is 0 Å². The van der Waals surface area contributed by atoms with Crippen molar-refractivity contribution in [2.75, 3.05) is 42.5 Å². The molecule has 178 valence electrons. The van der Waals surface area contributed by atoms with E-state index in [1.54, 1.807) is 14.5 Å². The molecule has 2 aliphatic rings. The number of carbonyl (C=O) groups excluding carboxylic acids is 2. The highest BCUT2D eigenvalue weighted by Crippen LogP contribution is 2.25. The lowest BCUT2D eigenvalue weighted by Gasteiger charge is -2.35. The van der Waals surface area contributed by atoms with Crippen LogP contribution in [-0.4, -0.2) is 80.6 Å². The summed E-state index contributed by atoms with van der Waals surface area (Å²) in [5.74, 6) is 0.779. The molecule has 0 aliphatic carbocycles. The van der Waals surface area contributed by atoms with Crippen LogP contribution in [-0.2, 0) is 11.3 Å². The molecule has 1 N–H and O–H groups in total. The van der Waals surface area contributed by atoms with Crippen molar-refractivity contribution in [3.05, 3.63) is 35.7 Å². The number of piperazine rings is 1. The Labute approximate surface area is 197 Å². The van der Waals surface area contributed by atoms with Crippen LogP contribution in [0.25, 0.3) is 11.2 Å². The average Bonchev–Trinajstić information content (AvgIpc) is 3.43. The van der Waals surface area contributed by atoms with E-state index in [-0.39, 0.29) is 18.0 Å². The number of aryl methyl sites for hydroxylation is 3. The van der Waals surface area contributed by atoms with Gasteiger partial charge in [-0.2, -0.15) is 0 Å². The Morgan fingerprint density at radius 1 is 1.12 bits per heavy atom. The van der Waals surface area contributed by atoms with Gasteiger partial charge in [0.05, 0.1) is 6.04 Å². The third kappa shape index (κ3) is 4.02. The molecular weight excluding hydrogens is 434 g/mol. The van der Waals surface area contributed by atoms with E-state index >= 15 is 0 Å². The summed E-state index contributed by atoms with van der Waals surface area (Å²) in [5, 5.41) is 11.5. The molecule has 1 atom stereocenters. The maximum Gasteiger partial charge on any atom is 0.317 e. The van der Waals surface area contributed by atoms with Crippen molar-refractivity contribution in [1.29, 1.82) is 0 Å². The molecule has 0 saturated carbocycles. The zero-order valence-corrected chi connectivity index (χ0v) is 19.7. The van der Waals surface area contributed by atoms with Crippen molar-refractivity contribution in [1.82, 2.24) is 35.2 Å². The van der Waals surface area contributed by atoms with E-state index in [1.165, 1.54) is 11.9 Å². The molecule has 3 amide bonds. The van der Waals surface area contributed by atoms with Gasteiger partial charge in [0.25, 0.3) is 0 Å². The number of aromatic nitrogens is 5. The van der Waals surface area contributed by atoms with E-state index in [1.807, 2.05) is 32.0 Å². The minimum absolute atomic E-state index is 0.0336. The summed E-state index contributed by atoms with van der Waals surface area (Å²) >= 11 is 0. The van der Waals surface area contributed by atoms with Gasteiger partial charge in [-0.3, -0.25) is 4.79 Å². The number of hydrogen-bond donors (Lipinski definition) is 1. The average molecular weight is 464 g/mol. The third-order valence-corrected chi connectivity index (χ3v) is 6.70. The van der Waals surface area contributed by atoms with E-state index in [2.05, 4.69) is 37.4 Å². The predicted octanol–water partition coefficient (Wildman–Crippen LogP) is 1.50. The first-order chi connectivity index (χ1) is 16.4. The minimum Gasteiger partial charge on any atom is -0.351 e. The summed E-state index contributed by atoms with van der Waals surface area (Å²) < 4.78 is 1.74. The Bertz CT molecular complexity index is 1230. The Morgan fingerprint density at radius 3 is 2.65 bits per heavy atom. The zero-order valence-electron chi connectivity index (χ0n) is 19.7. The van der Waals surface area contributed by atoms with Crippen LogP contribution in [0.15, 0.2) is 24.5 Å². The lowest BCUT2D eigenvalue weighted by atomic mass is 10.1. The number of urea groups is 1. The van der Waals surface area contributed by atoms with Crippen molar-refractivity contribution in [3.63, 3.8) is 0 Å². The molecular formula is C23H29N9O2. The number of amides is 3. The van der Waals surface area contributed by atoms with E-state index in [0.29, 0.717) is 56.9 Å². The predicted molar refractivity (Wildman–Crippen MR) is 128 cm³/mol. The van der Waals surface area contributed by atoms with Crippen LogP contribution >= 0.6 is 0 Å². The molecule has 11 nitrogen and oxygen atoms in total. The molecule has 0 radical (unpaired) electrons. The van der Waals surface area contributed by atoms with Crippen molar-refractivity contribution in [2.45, 2.75) is 39.8 Å². The summed E-state index contributed by atoms with van der Waals surface area (Å²) in [5.41, 5.74) is 4.62. The van der Waals surface area contributed by atoms with E-state index < -0.39 is 0 Å². The van der Waals surface area contributed by atoms with Crippen molar-refractivity contribution >= 4 is 34.6 Å². The number of fused-ring (bicyclic) bond motifs is 1. The second-order valence-corrected chi connectivity index (χ2v) is 8.87. The molecule has 0 bridgehead atoms. The third-order valence-electron chi connectivity index (χ3n) is 6.70. The second kappa shape index (κ2) is 8.88. The van der Waals surface area contributed by atoms with Gasteiger partial charge in [0, 0.05) is 51.4 Å². The summed E-state index contributed by atoms with van der Waals surface area (Å²) in [6, 6.07) is 5.68. The van der Waals surface area contributed by atoms with Crippen molar-refractivity contribution < 1.29 is 9.59 Å². The monoisotopic (exact) mass is 463 g/mol. The molecule has 2 aliphatic heterocycles. The van der Waals surface area contributed by atoms with Crippen molar-refractivity contribution in [3.8, 4) is 0 Å². The highest BCUT2D eigenvalue weighted by molar-refractivity contribution is 5.97. The Morgan fingerprint density at radius 2 is 1.91 bits per heavy atom. The SMILES string of the molecule is CCn1nnc2c(N3CCN(C(=O)NC4CC(=O)N(c5ccc(C)c(C)c5)C4)CC3)ncnc21. The lowest BCUT2D eigenvalue weighted by Crippen LogP contribution is -2.54. The van der Waals surface area contributed by atoms with Gasteiger partial charge in [-0.1, -0.05) is 11.3 Å². The second-order valence-electron chi connectivity index (χ2n) is 8.87. The Hall–Kier alpha value is -3.76. The number of hydrogen-bond acceptors (Lipinski definition) is 7. The molecule has 2 aromatic heterocycles. The normalized spacial score (nSPS) is 18.7. The number of rotatable bonds is 4. The lowest BCUT2D eigenvalue weighted by molar-refractivity contribution is -0.117. The van der Waals surface area contributed by atoms with Gasteiger partial charge in [-0.05, 0) is 44.0 Å². The van der Waals surface area contributed by atoms with Crippen LogP contribution in [0.5, 0.6) is 0 Å². The molecule has 1 aromatic carbocycles. The molecule has 5 rings (SSSR count). The maximum absolute atomic E-state index is 12.9. The number of carbonyl (C=O) groups is 2. The van der Waals surface area contributed by atoms with Crippen LogP contribution in [0, 0.1) is 13.8 Å². The first kappa shape index (κ1) is 22.1. The first-order valence-electron chi connectivity index (χ1n) is 11.7. The summed E-state index contributed by atoms with van der Waals surface area (Å²) in [7, 11) is 0. The molecule has 0 spiro atoms. The highest BCUT2D eigenvalue weighted by atomic mass is 16.2. The molecule has 11 heteroatoms. The molecule has 2 fully saturated rings. The largest absolute Gasteiger partial charge is 0.351 e. The number of nitrogens with zero attached hydrogens (tertiary/aromatic N) is 8. The number of benzene rings is 1. The fraction of sp³-hybridized carbons (Fsp3) is 0.478. The molecule has 1 unspecified atom stereocenters. The van der Waals surface area contributed by atoms with Crippen LogP contribution in [0.4, 0.5) is 16.3 Å². The number of anilines is 2. The number of nitrogens with one attached hydrogen (secondary N) is 1. The summed E-state index contributed by atoms with van der Waals surface area (Å²) in [6.07, 6.45) is 1.84. The van der Waals surface area contributed by atoms with Gasteiger partial charge in [0.2, 0.25) is 5.91 Å². The van der Waals surface area contributed by atoms with Gasteiger partial charge in [0.1, 0.15) is 6.33 Å². The van der Waals surface area contributed by atoms with Gasteiger partial charge in [-0.25, -0.2) is 19.4 Å². The van der Waals surface area contributed by atoms with Crippen LogP contribution in [0.1, 0.15) is 24.5 Å². The zero-order chi connectivity index (χ0) is 23.8. The standard InChI is InChI=1S/C23H29N9O2/c1-4-32-22-20(27-28-32)21(24-14-25-22)29-7-9-30(10-8-29)23(34)26-17-12-19(33)31(13-17)18-6-5-15(2)16(3)11-18/h5-6,11,14,17H,4,7-10,12-13H2,1-3H3,(H,26,34). The molecule has 3 aromatic rings. The van der Waals surface area contributed by atoms with Gasteiger partial charge in [0.15, 0.2) is 17.0 Å². The molecule has 2 saturated heterocycles. The van der Waals surface area contributed by atoms with Gasteiger partial charge >= 0.3 is 6.03 Å². The fourth-order valence-corrected chi connectivity index (χ4v) is 4.56. The molecule has 4 heterocycles. The van der Waals surface area contributed by atoms with Gasteiger partial charge < -0.3 is 20.0 Å². The van der Waals surface area contributed by atoms with Crippen LogP contribution in [0.2, 0.25) is 0 Å². The van der Waals surface area contributed by atoms with E-state index in [4.69, 9.17) is 0 Å². The topological polar surface area (TPSA) is 112 Å². The quantitative estimate of drug-likeness (QED) is 0.624. The van der Waals surface area contributed by atoms with Crippen LogP contribution in [0.3, 0.4) is 0 Å². The Kier molecular flexibility index (Phi) is 5.76. The summed E-state index contributed by atoms with van der Waals surface area (Å²) in [6.45, 7) is 9.64. The fourth-order valence-electron chi connectivity index (χ4n) is 4.56.